The molecule has 5 atom stereocenters. The summed E-state index contributed by atoms with van der Waals surface area (Å²) < 4.78 is 16.1. The molecule has 5 heteroatoms. The Morgan fingerprint density at radius 1 is 1.00 bits per heavy atom. The van der Waals surface area contributed by atoms with Crippen LogP contribution in [0.25, 0.3) is 0 Å². The molecule has 0 aromatic carbocycles. The van der Waals surface area contributed by atoms with E-state index in [2.05, 4.69) is 0 Å². The molecule has 2 aliphatic rings. The second-order valence-corrected chi connectivity index (χ2v) is 4.46. The van der Waals surface area contributed by atoms with Gasteiger partial charge in [-0.05, 0) is 0 Å². The molecule has 2 aliphatic heterocycles. The van der Waals surface area contributed by atoms with Gasteiger partial charge in [-0.15, -0.1) is 0 Å². The molecule has 2 heterocycles. The summed E-state index contributed by atoms with van der Waals surface area (Å²) in [7, 11) is 0. The Balaban J connectivity index is 2.15. The topological polar surface area (TPSA) is 61.8 Å². The maximum atomic E-state index is 11.1. The van der Waals surface area contributed by atoms with E-state index in [1.165, 1.54) is 13.8 Å². The van der Waals surface area contributed by atoms with Crippen molar-refractivity contribution < 1.29 is 23.8 Å². The predicted molar refractivity (Wildman–Crippen MR) is 58.1 cm³/mol. The SMILES string of the molecule is CC(=O)O[C@@H]1C(C)[C@H](OC(C)=O)[C@@H]2C=C[C@H]1O2. The lowest BCUT2D eigenvalue weighted by Gasteiger charge is -2.39. The van der Waals surface area contributed by atoms with Crippen LogP contribution >= 0.6 is 0 Å². The standard InChI is InChI=1S/C12H16O5/c1-6-11(15-7(2)13)9-4-5-10(17-9)12(6)16-8(3)14/h4-6,9-12H,1-3H3/t6?,9-,10+,11-,12+. The first-order chi connectivity index (χ1) is 7.99. The van der Waals surface area contributed by atoms with Crippen molar-refractivity contribution >= 4 is 11.9 Å². The van der Waals surface area contributed by atoms with Gasteiger partial charge in [0, 0.05) is 19.8 Å². The molecule has 5 nitrogen and oxygen atoms in total. The Kier molecular flexibility index (Phi) is 3.19. The Morgan fingerprint density at radius 2 is 1.41 bits per heavy atom. The zero-order valence-corrected chi connectivity index (χ0v) is 10.1. The van der Waals surface area contributed by atoms with E-state index in [4.69, 9.17) is 14.2 Å². The molecule has 0 radical (unpaired) electrons. The zero-order chi connectivity index (χ0) is 12.6. The summed E-state index contributed by atoms with van der Waals surface area (Å²) in [4.78, 5) is 22.1. The molecule has 0 aliphatic carbocycles. The largest absolute Gasteiger partial charge is 0.459 e. The third-order valence-electron chi connectivity index (χ3n) is 3.09. The van der Waals surface area contributed by atoms with Crippen LogP contribution in [-0.2, 0) is 23.8 Å². The van der Waals surface area contributed by atoms with Crippen LogP contribution in [-0.4, -0.2) is 36.4 Å². The van der Waals surface area contributed by atoms with Gasteiger partial charge in [-0.2, -0.15) is 0 Å². The number of ether oxygens (including phenoxy) is 3. The van der Waals surface area contributed by atoms with Crippen molar-refractivity contribution in [3.05, 3.63) is 12.2 Å². The van der Waals surface area contributed by atoms with E-state index in [-0.39, 0.29) is 30.1 Å². The minimum absolute atomic E-state index is 0.0819. The highest BCUT2D eigenvalue weighted by molar-refractivity contribution is 5.67. The van der Waals surface area contributed by atoms with Crippen molar-refractivity contribution in [2.45, 2.75) is 45.2 Å². The maximum absolute atomic E-state index is 11.1. The van der Waals surface area contributed by atoms with E-state index >= 15 is 0 Å². The fourth-order valence-corrected chi connectivity index (χ4v) is 2.38. The molecule has 1 fully saturated rings. The number of hydrogen-bond donors (Lipinski definition) is 0. The molecule has 17 heavy (non-hydrogen) atoms. The molecular weight excluding hydrogens is 224 g/mol. The number of carbonyl (C=O) groups is 2. The third-order valence-corrected chi connectivity index (χ3v) is 3.09. The van der Waals surface area contributed by atoms with Gasteiger partial charge in [-0.1, -0.05) is 19.1 Å². The molecule has 0 N–H and O–H groups in total. The lowest BCUT2D eigenvalue weighted by atomic mass is 9.90. The van der Waals surface area contributed by atoms with Crippen LogP contribution in [0.4, 0.5) is 0 Å². The van der Waals surface area contributed by atoms with Gasteiger partial charge in [-0.3, -0.25) is 9.59 Å². The Bertz CT molecular complexity index is 330. The summed E-state index contributed by atoms with van der Waals surface area (Å²) in [5, 5.41) is 0. The van der Waals surface area contributed by atoms with Gasteiger partial charge in [0.25, 0.3) is 0 Å². The van der Waals surface area contributed by atoms with E-state index in [1.807, 2.05) is 19.1 Å². The van der Waals surface area contributed by atoms with Crippen molar-refractivity contribution in [3.63, 3.8) is 0 Å². The highest BCUT2D eigenvalue weighted by atomic mass is 16.6. The van der Waals surface area contributed by atoms with Crippen molar-refractivity contribution in [3.8, 4) is 0 Å². The monoisotopic (exact) mass is 240 g/mol. The van der Waals surface area contributed by atoms with Crippen LogP contribution in [0.2, 0.25) is 0 Å². The number of carbonyl (C=O) groups excluding carboxylic acids is 2. The second-order valence-electron chi connectivity index (χ2n) is 4.46. The summed E-state index contributed by atoms with van der Waals surface area (Å²) in [5.41, 5.74) is 0. The predicted octanol–water partition coefficient (Wildman–Crippen LogP) is 0.823. The van der Waals surface area contributed by atoms with E-state index in [1.54, 1.807) is 0 Å². The first kappa shape index (κ1) is 12.1. The molecule has 0 aromatic heterocycles. The molecule has 1 saturated heterocycles. The van der Waals surface area contributed by atoms with Gasteiger partial charge >= 0.3 is 11.9 Å². The molecule has 0 aromatic rings. The van der Waals surface area contributed by atoms with Gasteiger partial charge in [-0.25, -0.2) is 0 Å². The maximum Gasteiger partial charge on any atom is 0.303 e. The molecule has 0 saturated carbocycles. The van der Waals surface area contributed by atoms with Crippen LogP contribution in [0.5, 0.6) is 0 Å². The Morgan fingerprint density at radius 3 is 1.76 bits per heavy atom. The average molecular weight is 240 g/mol. The van der Waals surface area contributed by atoms with Crippen molar-refractivity contribution in [1.29, 1.82) is 0 Å². The van der Waals surface area contributed by atoms with Gasteiger partial charge in [0.2, 0.25) is 0 Å². The quantitative estimate of drug-likeness (QED) is 0.528. The van der Waals surface area contributed by atoms with E-state index in [9.17, 15) is 9.59 Å². The average Bonchev–Trinajstić information content (AvgIpc) is 2.65. The van der Waals surface area contributed by atoms with Crippen molar-refractivity contribution in [1.82, 2.24) is 0 Å². The highest BCUT2D eigenvalue weighted by Gasteiger charge is 2.48. The molecule has 0 amide bonds. The van der Waals surface area contributed by atoms with Gasteiger partial charge < -0.3 is 14.2 Å². The van der Waals surface area contributed by atoms with Crippen molar-refractivity contribution in [2.75, 3.05) is 0 Å². The smallest absolute Gasteiger partial charge is 0.303 e. The fraction of sp³-hybridized carbons (Fsp3) is 0.667. The fourth-order valence-electron chi connectivity index (χ4n) is 2.38. The number of hydrogen-bond acceptors (Lipinski definition) is 5. The number of esters is 2. The van der Waals surface area contributed by atoms with Crippen LogP contribution in [0.15, 0.2) is 12.2 Å². The van der Waals surface area contributed by atoms with E-state index in [0.29, 0.717) is 0 Å². The lowest BCUT2D eigenvalue weighted by Crippen LogP contribution is -2.52. The number of rotatable bonds is 2. The van der Waals surface area contributed by atoms with Gasteiger partial charge in [0.15, 0.2) is 0 Å². The lowest BCUT2D eigenvalue weighted by molar-refractivity contribution is -0.197. The van der Waals surface area contributed by atoms with Crippen LogP contribution in [0, 0.1) is 5.92 Å². The molecule has 1 unspecified atom stereocenters. The van der Waals surface area contributed by atoms with Crippen LogP contribution < -0.4 is 0 Å². The highest BCUT2D eigenvalue weighted by Crippen LogP contribution is 2.35. The Hall–Kier alpha value is -1.36. The van der Waals surface area contributed by atoms with E-state index < -0.39 is 12.2 Å². The molecular formula is C12H16O5. The summed E-state index contributed by atoms with van der Waals surface area (Å²) in [6.45, 7) is 4.62. The van der Waals surface area contributed by atoms with Crippen molar-refractivity contribution in [2.24, 2.45) is 5.92 Å². The number of fused-ring (bicyclic) bond motifs is 2. The minimum atomic E-state index is -0.396. The van der Waals surface area contributed by atoms with Crippen LogP contribution in [0.1, 0.15) is 20.8 Å². The second kappa shape index (κ2) is 4.49. The Labute approximate surface area is 99.7 Å². The third kappa shape index (κ3) is 2.34. The first-order valence-corrected chi connectivity index (χ1v) is 5.67. The normalized spacial score (nSPS) is 38.9. The van der Waals surface area contributed by atoms with Crippen LogP contribution in [0.3, 0.4) is 0 Å². The molecule has 94 valence electrons. The molecule has 2 bridgehead atoms. The summed E-state index contributed by atoms with van der Waals surface area (Å²) in [6, 6.07) is 0. The first-order valence-electron chi connectivity index (χ1n) is 5.67. The molecule has 0 spiro atoms. The summed E-state index contributed by atoms with van der Waals surface area (Å²) in [6.07, 6.45) is 2.46. The van der Waals surface area contributed by atoms with Gasteiger partial charge in [0.05, 0.1) is 0 Å². The summed E-state index contributed by atoms with van der Waals surface area (Å²) >= 11 is 0. The molecule has 2 rings (SSSR count). The minimum Gasteiger partial charge on any atom is -0.459 e. The van der Waals surface area contributed by atoms with Gasteiger partial charge in [0.1, 0.15) is 24.4 Å². The zero-order valence-electron chi connectivity index (χ0n) is 10.1. The van der Waals surface area contributed by atoms with E-state index in [0.717, 1.165) is 0 Å². The summed E-state index contributed by atoms with van der Waals surface area (Å²) in [5.74, 6) is -0.793.